The van der Waals surface area contributed by atoms with Crippen molar-refractivity contribution >= 4 is 28.4 Å². The minimum Gasteiger partial charge on any atom is -0.454 e. The van der Waals surface area contributed by atoms with Crippen LogP contribution in [0.25, 0.3) is 16.6 Å². The number of hydrogen-bond acceptors (Lipinski definition) is 6. The van der Waals surface area contributed by atoms with E-state index < -0.39 is 0 Å². The zero-order chi connectivity index (χ0) is 24.7. The summed E-state index contributed by atoms with van der Waals surface area (Å²) in [6, 6.07) is 15.0. The quantitative estimate of drug-likeness (QED) is 0.194. The average molecular weight is 490 g/mol. The van der Waals surface area contributed by atoms with Gasteiger partial charge in [0.05, 0.1) is 16.7 Å². The molecule has 0 N–H and O–H groups in total. The molecule has 0 radical (unpaired) electrons. The van der Waals surface area contributed by atoms with Crippen LogP contribution in [0.2, 0.25) is 0 Å². The lowest BCUT2D eigenvalue weighted by Crippen LogP contribution is -2.26. The number of carbonyl (C=O) groups excluding carboxylic acids is 1. The highest BCUT2D eigenvalue weighted by Crippen LogP contribution is 2.35. The van der Waals surface area contributed by atoms with Crippen molar-refractivity contribution < 1.29 is 14.3 Å². The van der Waals surface area contributed by atoms with Crippen molar-refractivity contribution in [1.29, 1.82) is 0 Å². The number of ketones is 1. The maximum absolute atomic E-state index is 13.3. The Morgan fingerprint density at radius 1 is 1.11 bits per heavy atom. The van der Waals surface area contributed by atoms with Crippen LogP contribution in [-0.2, 0) is 0 Å². The first-order valence-corrected chi connectivity index (χ1v) is 12.6. The lowest BCUT2D eigenvalue weighted by molar-refractivity contribution is 0.102. The molecular weight excluding hydrogens is 462 g/mol. The Morgan fingerprint density at radius 3 is 2.69 bits per heavy atom. The molecule has 0 unspecified atom stereocenters. The molecule has 0 saturated carbocycles. The van der Waals surface area contributed by atoms with Gasteiger partial charge < -0.3 is 14.0 Å². The molecule has 35 heavy (non-hydrogen) atoms. The average Bonchev–Trinajstić information content (AvgIpc) is 3.45. The summed E-state index contributed by atoms with van der Waals surface area (Å²) in [4.78, 5) is 31.3. The van der Waals surface area contributed by atoms with Gasteiger partial charge >= 0.3 is 0 Å². The summed E-state index contributed by atoms with van der Waals surface area (Å²) < 4.78 is 14.7. The molecule has 3 heterocycles. The first-order valence-electron chi connectivity index (χ1n) is 11.6. The van der Waals surface area contributed by atoms with Crippen LogP contribution in [0.3, 0.4) is 0 Å². The topological polar surface area (TPSA) is 75.3 Å². The second-order valence-electron chi connectivity index (χ2n) is 8.71. The van der Waals surface area contributed by atoms with Gasteiger partial charge in [-0.25, -0.2) is 4.98 Å². The maximum Gasteiger partial charge on any atom is 0.262 e. The van der Waals surface area contributed by atoms with E-state index >= 15 is 0 Å². The number of fused-ring (bicyclic) bond motifs is 2. The van der Waals surface area contributed by atoms with E-state index in [9.17, 15) is 9.59 Å². The number of nitrogens with zero attached hydrogens (tertiary/aromatic N) is 3. The Labute approximate surface area is 207 Å². The summed E-state index contributed by atoms with van der Waals surface area (Å²) in [5.41, 5.74) is 3.96. The molecule has 1 atom stereocenters. The minimum absolute atomic E-state index is 0.00629. The van der Waals surface area contributed by atoms with Crippen molar-refractivity contribution in [1.82, 2.24) is 14.1 Å². The molecule has 1 aliphatic heterocycles. The van der Waals surface area contributed by atoms with Crippen molar-refractivity contribution in [2.24, 2.45) is 0 Å². The molecule has 0 amide bonds. The van der Waals surface area contributed by atoms with Gasteiger partial charge in [0.1, 0.15) is 0 Å². The monoisotopic (exact) mass is 489 g/mol. The number of carbonyl (C=O) groups is 1. The molecule has 1 aliphatic rings. The van der Waals surface area contributed by atoms with Crippen molar-refractivity contribution in [3.8, 4) is 17.2 Å². The standard InChI is InChI=1S/C27H27N3O4S/c1-5-16(2)30-26(32)20-8-6-7-9-22(20)28-27(30)35-14-23(31)21-12-17(3)29(18(21)4)19-10-11-24-25(13-19)34-15-33-24/h6-13,16H,5,14-15H2,1-4H3/t16-/m0/s1. The number of ether oxygens (including phenoxy) is 2. The summed E-state index contributed by atoms with van der Waals surface area (Å²) in [5, 5.41) is 1.16. The molecule has 4 aromatic rings. The highest BCUT2D eigenvalue weighted by molar-refractivity contribution is 7.99. The molecule has 0 bridgehead atoms. The predicted octanol–water partition coefficient (Wildman–Crippen LogP) is 5.48. The van der Waals surface area contributed by atoms with Crippen LogP contribution in [-0.4, -0.2) is 32.4 Å². The van der Waals surface area contributed by atoms with E-state index in [1.165, 1.54) is 11.8 Å². The Morgan fingerprint density at radius 2 is 1.89 bits per heavy atom. The van der Waals surface area contributed by atoms with E-state index in [0.29, 0.717) is 27.4 Å². The summed E-state index contributed by atoms with van der Waals surface area (Å²) >= 11 is 1.32. The molecule has 7 nitrogen and oxygen atoms in total. The Balaban J connectivity index is 1.45. The smallest absolute Gasteiger partial charge is 0.262 e. The first kappa shape index (κ1) is 23.2. The van der Waals surface area contributed by atoms with Gasteiger partial charge in [-0.1, -0.05) is 30.8 Å². The molecule has 8 heteroatoms. The van der Waals surface area contributed by atoms with E-state index in [2.05, 4.69) is 0 Å². The number of rotatable bonds is 7. The first-order chi connectivity index (χ1) is 16.9. The zero-order valence-electron chi connectivity index (χ0n) is 20.2. The second-order valence-corrected chi connectivity index (χ2v) is 9.66. The van der Waals surface area contributed by atoms with Crippen LogP contribution >= 0.6 is 11.8 Å². The Kier molecular flexibility index (Phi) is 6.15. The molecule has 180 valence electrons. The van der Waals surface area contributed by atoms with E-state index in [1.807, 2.05) is 74.7 Å². The lowest BCUT2D eigenvalue weighted by atomic mass is 10.2. The third-order valence-electron chi connectivity index (χ3n) is 6.49. The highest BCUT2D eigenvalue weighted by Gasteiger charge is 2.21. The number of benzene rings is 2. The van der Waals surface area contributed by atoms with Gasteiger partial charge in [0, 0.05) is 34.7 Å². The van der Waals surface area contributed by atoms with Gasteiger partial charge in [-0.15, -0.1) is 0 Å². The predicted molar refractivity (Wildman–Crippen MR) is 137 cm³/mol. The molecular formula is C27H27N3O4S. The molecule has 0 spiro atoms. The third-order valence-corrected chi connectivity index (χ3v) is 7.44. The van der Waals surface area contributed by atoms with Gasteiger partial charge in [-0.05, 0) is 57.5 Å². The van der Waals surface area contributed by atoms with Crippen molar-refractivity contribution in [3.05, 3.63) is 75.8 Å². The number of thioether (sulfide) groups is 1. The van der Waals surface area contributed by atoms with Crippen molar-refractivity contribution in [2.75, 3.05) is 12.5 Å². The molecule has 0 saturated heterocycles. The number of aryl methyl sites for hydroxylation is 1. The van der Waals surface area contributed by atoms with Gasteiger partial charge in [0.15, 0.2) is 22.4 Å². The molecule has 2 aromatic carbocycles. The molecule has 0 fully saturated rings. The summed E-state index contributed by atoms with van der Waals surface area (Å²) in [5.74, 6) is 1.60. The van der Waals surface area contributed by atoms with Crippen LogP contribution in [0.15, 0.2) is 58.5 Å². The Bertz CT molecular complexity index is 1500. The van der Waals surface area contributed by atoms with Gasteiger partial charge in [0.25, 0.3) is 5.56 Å². The third kappa shape index (κ3) is 4.12. The SMILES string of the molecule is CC[C@H](C)n1c(SCC(=O)c2cc(C)n(-c3ccc4c(c3)OCO4)c2C)nc2ccccc2c1=O. The van der Waals surface area contributed by atoms with E-state index in [0.717, 1.165) is 29.2 Å². The van der Waals surface area contributed by atoms with Crippen molar-refractivity contribution in [2.45, 2.75) is 45.3 Å². The van der Waals surface area contributed by atoms with Crippen LogP contribution in [0.4, 0.5) is 0 Å². The number of aromatic nitrogens is 3. The van der Waals surface area contributed by atoms with Gasteiger partial charge in [-0.2, -0.15) is 0 Å². The van der Waals surface area contributed by atoms with E-state index in [4.69, 9.17) is 14.5 Å². The number of hydrogen-bond donors (Lipinski definition) is 0. The second kappa shape index (κ2) is 9.26. The number of Topliss-reactive ketones (excluding diaryl/α,β-unsaturated/α-hetero) is 1. The fourth-order valence-electron chi connectivity index (χ4n) is 4.47. The van der Waals surface area contributed by atoms with Gasteiger partial charge in [-0.3, -0.25) is 14.2 Å². The Hall–Kier alpha value is -3.52. The normalized spacial score (nSPS) is 13.4. The minimum atomic E-state index is -0.0686. The summed E-state index contributed by atoms with van der Waals surface area (Å²) in [7, 11) is 0. The zero-order valence-corrected chi connectivity index (χ0v) is 21.0. The van der Waals surface area contributed by atoms with Crippen molar-refractivity contribution in [3.63, 3.8) is 0 Å². The van der Waals surface area contributed by atoms with Crippen LogP contribution in [0.5, 0.6) is 11.5 Å². The fourth-order valence-corrected chi connectivity index (χ4v) is 5.45. The van der Waals surface area contributed by atoms with Crippen LogP contribution < -0.4 is 15.0 Å². The molecule has 0 aliphatic carbocycles. The van der Waals surface area contributed by atoms with E-state index in [-0.39, 0.29) is 29.9 Å². The molecule has 5 rings (SSSR count). The highest BCUT2D eigenvalue weighted by atomic mass is 32.2. The molecule has 2 aromatic heterocycles. The van der Waals surface area contributed by atoms with Crippen LogP contribution in [0.1, 0.15) is 48.1 Å². The van der Waals surface area contributed by atoms with Crippen LogP contribution in [0, 0.1) is 13.8 Å². The fraction of sp³-hybridized carbons (Fsp3) is 0.296. The summed E-state index contributed by atoms with van der Waals surface area (Å²) in [6.07, 6.45) is 0.790. The van der Waals surface area contributed by atoms with E-state index in [1.54, 1.807) is 10.6 Å². The lowest BCUT2D eigenvalue weighted by Gasteiger charge is -2.18. The number of para-hydroxylation sites is 1. The maximum atomic E-state index is 13.3. The van der Waals surface area contributed by atoms with Gasteiger partial charge in [0.2, 0.25) is 6.79 Å². The summed E-state index contributed by atoms with van der Waals surface area (Å²) in [6.45, 7) is 8.18. The largest absolute Gasteiger partial charge is 0.454 e.